The number of phenols is 1. The zero-order valence-electron chi connectivity index (χ0n) is 7.22. The lowest BCUT2D eigenvalue weighted by atomic mass is 9.98. The number of hydrogen-bond donors (Lipinski definition) is 2. The molecule has 0 saturated carbocycles. The molecule has 0 aliphatic carbocycles. The molecule has 2 rings (SSSR count). The lowest BCUT2D eigenvalue weighted by Crippen LogP contribution is -2.23. The summed E-state index contributed by atoms with van der Waals surface area (Å²) >= 11 is 0. The molecule has 1 aliphatic heterocycles. The Morgan fingerprint density at radius 1 is 1.33 bits per heavy atom. The highest BCUT2D eigenvalue weighted by molar-refractivity contribution is 5.42. The standard InChI is InChI=1S/C10H13NO/c1-7-4-9-6-11-3-2-8(9)5-10(7)12/h4-5,11-12H,2-3,6H2,1H3. The van der Waals surface area contributed by atoms with Crippen LogP contribution in [-0.2, 0) is 13.0 Å². The van der Waals surface area contributed by atoms with E-state index in [1.807, 2.05) is 13.0 Å². The molecule has 0 aromatic heterocycles. The molecular weight excluding hydrogens is 150 g/mol. The smallest absolute Gasteiger partial charge is 0.118 e. The van der Waals surface area contributed by atoms with Crippen molar-refractivity contribution in [2.75, 3.05) is 6.54 Å². The van der Waals surface area contributed by atoms with E-state index in [0.29, 0.717) is 5.75 Å². The van der Waals surface area contributed by atoms with E-state index in [1.165, 1.54) is 11.1 Å². The molecule has 1 aromatic carbocycles. The highest BCUT2D eigenvalue weighted by atomic mass is 16.3. The number of fused-ring (bicyclic) bond motifs is 1. The molecular formula is C10H13NO. The van der Waals surface area contributed by atoms with Gasteiger partial charge in [-0.25, -0.2) is 0 Å². The van der Waals surface area contributed by atoms with Crippen LogP contribution in [0.3, 0.4) is 0 Å². The van der Waals surface area contributed by atoms with Crippen LogP contribution in [-0.4, -0.2) is 11.7 Å². The van der Waals surface area contributed by atoms with Gasteiger partial charge in [0.05, 0.1) is 0 Å². The van der Waals surface area contributed by atoms with Crippen LogP contribution in [0.25, 0.3) is 0 Å². The highest BCUT2D eigenvalue weighted by Gasteiger charge is 2.10. The molecule has 0 radical (unpaired) electrons. The van der Waals surface area contributed by atoms with E-state index in [4.69, 9.17) is 0 Å². The van der Waals surface area contributed by atoms with Crippen LogP contribution in [0, 0.1) is 6.92 Å². The molecule has 0 unspecified atom stereocenters. The maximum atomic E-state index is 9.45. The van der Waals surface area contributed by atoms with Crippen LogP contribution < -0.4 is 5.32 Å². The van der Waals surface area contributed by atoms with Crippen LogP contribution >= 0.6 is 0 Å². The largest absolute Gasteiger partial charge is 0.508 e. The molecule has 0 bridgehead atoms. The van der Waals surface area contributed by atoms with Gasteiger partial charge in [-0.05, 0) is 42.6 Å². The van der Waals surface area contributed by atoms with Crippen LogP contribution in [0.2, 0.25) is 0 Å². The van der Waals surface area contributed by atoms with E-state index >= 15 is 0 Å². The Kier molecular flexibility index (Phi) is 1.77. The first-order valence-corrected chi connectivity index (χ1v) is 4.29. The number of hydrogen-bond acceptors (Lipinski definition) is 2. The van der Waals surface area contributed by atoms with Crippen molar-refractivity contribution in [2.45, 2.75) is 19.9 Å². The third-order valence-electron chi connectivity index (χ3n) is 2.40. The minimum atomic E-state index is 0.427. The van der Waals surface area contributed by atoms with Gasteiger partial charge in [0.1, 0.15) is 5.75 Å². The number of phenolic OH excluding ortho intramolecular Hbond substituents is 1. The van der Waals surface area contributed by atoms with Crippen LogP contribution in [0.15, 0.2) is 12.1 Å². The summed E-state index contributed by atoms with van der Waals surface area (Å²) in [5, 5.41) is 12.8. The average Bonchev–Trinajstić information content (AvgIpc) is 2.07. The van der Waals surface area contributed by atoms with Crippen LogP contribution in [0.5, 0.6) is 5.75 Å². The number of nitrogens with one attached hydrogen (secondary N) is 1. The quantitative estimate of drug-likeness (QED) is 0.605. The van der Waals surface area contributed by atoms with Crippen molar-refractivity contribution in [2.24, 2.45) is 0 Å². The zero-order chi connectivity index (χ0) is 8.55. The zero-order valence-corrected chi connectivity index (χ0v) is 7.22. The first kappa shape index (κ1) is 7.62. The highest BCUT2D eigenvalue weighted by Crippen LogP contribution is 2.23. The summed E-state index contributed by atoms with van der Waals surface area (Å²) < 4.78 is 0. The fourth-order valence-corrected chi connectivity index (χ4v) is 1.64. The van der Waals surface area contributed by atoms with Gasteiger partial charge in [-0.3, -0.25) is 0 Å². The summed E-state index contributed by atoms with van der Waals surface area (Å²) in [4.78, 5) is 0. The number of aryl methyl sites for hydroxylation is 1. The Balaban J connectivity index is 2.49. The molecule has 0 fully saturated rings. The van der Waals surface area contributed by atoms with Gasteiger partial charge in [0, 0.05) is 6.54 Å². The first-order chi connectivity index (χ1) is 5.77. The second kappa shape index (κ2) is 2.79. The topological polar surface area (TPSA) is 32.3 Å². The molecule has 12 heavy (non-hydrogen) atoms. The predicted molar refractivity (Wildman–Crippen MR) is 48.3 cm³/mol. The monoisotopic (exact) mass is 163 g/mol. The summed E-state index contributed by atoms with van der Waals surface area (Å²) in [6.45, 7) is 3.90. The van der Waals surface area contributed by atoms with Gasteiger partial charge in [-0.1, -0.05) is 6.07 Å². The Morgan fingerprint density at radius 2 is 2.17 bits per heavy atom. The SMILES string of the molecule is Cc1cc2c(cc1O)CCNC2. The summed E-state index contributed by atoms with van der Waals surface area (Å²) in [6.07, 6.45) is 1.03. The lowest BCUT2D eigenvalue weighted by molar-refractivity contribution is 0.468. The van der Waals surface area contributed by atoms with E-state index < -0.39 is 0 Å². The summed E-state index contributed by atoms with van der Waals surface area (Å²) in [6, 6.07) is 3.96. The van der Waals surface area contributed by atoms with Gasteiger partial charge in [0.25, 0.3) is 0 Å². The van der Waals surface area contributed by atoms with E-state index in [0.717, 1.165) is 25.1 Å². The molecule has 1 aromatic rings. The predicted octanol–water partition coefficient (Wildman–Crippen LogP) is 1.35. The Morgan fingerprint density at radius 3 is 3.00 bits per heavy atom. The second-order valence-corrected chi connectivity index (χ2v) is 3.33. The van der Waals surface area contributed by atoms with Crippen molar-refractivity contribution in [1.29, 1.82) is 0 Å². The van der Waals surface area contributed by atoms with E-state index in [2.05, 4.69) is 11.4 Å². The van der Waals surface area contributed by atoms with Crippen molar-refractivity contribution >= 4 is 0 Å². The fourth-order valence-electron chi connectivity index (χ4n) is 1.64. The van der Waals surface area contributed by atoms with Gasteiger partial charge >= 0.3 is 0 Å². The first-order valence-electron chi connectivity index (χ1n) is 4.29. The minimum absolute atomic E-state index is 0.427. The molecule has 2 N–H and O–H groups in total. The molecule has 0 atom stereocenters. The fraction of sp³-hybridized carbons (Fsp3) is 0.400. The van der Waals surface area contributed by atoms with Gasteiger partial charge in [0.2, 0.25) is 0 Å². The van der Waals surface area contributed by atoms with E-state index in [9.17, 15) is 5.11 Å². The van der Waals surface area contributed by atoms with E-state index in [1.54, 1.807) is 0 Å². The minimum Gasteiger partial charge on any atom is -0.508 e. The van der Waals surface area contributed by atoms with Crippen molar-refractivity contribution in [3.8, 4) is 5.75 Å². The Hall–Kier alpha value is -1.02. The molecule has 0 spiro atoms. The lowest BCUT2D eigenvalue weighted by Gasteiger charge is -2.17. The second-order valence-electron chi connectivity index (χ2n) is 3.33. The number of rotatable bonds is 0. The van der Waals surface area contributed by atoms with Gasteiger partial charge in [0.15, 0.2) is 0 Å². The summed E-state index contributed by atoms with van der Waals surface area (Å²) in [5.74, 6) is 0.427. The van der Waals surface area contributed by atoms with Gasteiger partial charge < -0.3 is 10.4 Å². The summed E-state index contributed by atoms with van der Waals surface area (Å²) in [7, 11) is 0. The van der Waals surface area contributed by atoms with Crippen molar-refractivity contribution in [3.05, 3.63) is 28.8 Å². The van der Waals surface area contributed by atoms with Gasteiger partial charge in [-0.15, -0.1) is 0 Å². The molecule has 0 amide bonds. The van der Waals surface area contributed by atoms with Crippen molar-refractivity contribution < 1.29 is 5.11 Å². The maximum Gasteiger partial charge on any atom is 0.118 e. The van der Waals surface area contributed by atoms with Crippen molar-refractivity contribution in [3.63, 3.8) is 0 Å². The molecule has 1 aliphatic rings. The van der Waals surface area contributed by atoms with Gasteiger partial charge in [-0.2, -0.15) is 0 Å². The molecule has 0 saturated heterocycles. The third kappa shape index (κ3) is 1.18. The maximum absolute atomic E-state index is 9.45. The molecule has 2 heteroatoms. The molecule has 1 heterocycles. The van der Waals surface area contributed by atoms with E-state index in [-0.39, 0.29) is 0 Å². The van der Waals surface area contributed by atoms with Crippen LogP contribution in [0.4, 0.5) is 0 Å². The molecule has 2 nitrogen and oxygen atoms in total. The van der Waals surface area contributed by atoms with Crippen molar-refractivity contribution in [1.82, 2.24) is 5.32 Å². The number of aromatic hydroxyl groups is 1. The number of benzene rings is 1. The Bertz CT molecular complexity index is 276. The Labute approximate surface area is 72.2 Å². The third-order valence-corrected chi connectivity index (χ3v) is 2.40. The summed E-state index contributed by atoms with van der Waals surface area (Å²) in [5.41, 5.74) is 3.59. The normalized spacial score (nSPS) is 15.8. The average molecular weight is 163 g/mol. The molecule has 64 valence electrons. The van der Waals surface area contributed by atoms with Crippen LogP contribution in [0.1, 0.15) is 16.7 Å².